The molecule has 1 heterocycles. The van der Waals surface area contributed by atoms with Gasteiger partial charge in [-0.3, -0.25) is 0 Å². The first-order chi connectivity index (χ1) is 15.8. The molecule has 0 amide bonds. The Bertz CT molecular complexity index is 1170. The minimum Gasteiger partial charge on any atom is -0.435 e. The van der Waals surface area contributed by atoms with E-state index < -0.39 is 0 Å². The lowest BCUT2D eigenvalue weighted by atomic mass is 9.90. The van der Waals surface area contributed by atoms with Crippen molar-refractivity contribution in [3.05, 3.63) is 108 Å². The Morgan fingerprint density at radius 2 is 1.31 bits per heavy atom. The van der Waals surface area contributed by atoms with Crippen molar-refractivity contribution in [2.24, 2.45) is 0 Å². The van der Waals surface area contributed by atoms with Crippen LogP contribution in [-0.2, 0) is 0 Å². The minimum absolute atomic E-state index is 0.655. The highest BCUT2D eigenvalue weighted by Gasteiger charge is 2.21. The summed E-state index contributed by atoms with van der Waals surface area (Å²) < 4.78 is 6.45. The zero-order chi connectivity index (χ0) is 22.3. The second-order valence-electron chi connectivity index (χ2n) is 7.61. The molecule has 5 rings (SSSR count). The number of benzene rings is 3. The molecule has 0 atom stereocenters. The Labute approximate surface area is 191 Å². The summed E-state index contributed by atoms with van der Waals surface area (Å²) in [5.41, 5.74) is 7.83. The van der Waals surface area contributed by atoms with Gasteiger partial charge in [-0.2, -0.15) is 0 Å². The Balaban J connectivity index is 0.00000119. The maximum absolute atomic E-state index is 6.45. The number of oxazole rings is 1. The number of allylic oxidation sites excluding steroid dienone is 4. The van der Waals surface area contributed by atoms with E-state index in [1.807, 2.05) is 50.2 Å². The molecular weight excluding hydrogens is 390 g/mol. The SMILES string of the molecule is CC.CC1=C(c2ccccc2-c2nc(-c3ccccc3)c(-c3ccccc3)o2)C=CCC1. The van der Waals surface area contributed by atoms with Crippen molar-refractivity contribution in [1.29, 1.82) is 0 Å². The summed E-state index contributed by atoms with van der Waals surface area (Å²) in [6.07, 6.45) is 6.68. The van der Waals surface area contributed by atoms with E-state index in [9.17, 15) is 0 Å². The number of hydrogen-bond donors (Lipinski definition) is 0. The summed E-state index contributed by atoms with van der Waals surface area (Å²) in [5, 5.41) is 0. The van der Waals surface area contributed by atoms with E-state index in [0.29, 0.717) is 5.89 Å². The van der Waals surface area contributed by atoms with E-state index in [1.54, 1.807) is 0 Å². The zero-order valence-electron chi connectivity index (χ0n) is 19.0. The Morgan fingerprint density at radius 3 is 1.97 bits per heavy atom. The predicted molar refractivity (Wildman–Crippen MR) is 135 cm³/mol. The van der Waals surface area contributed by atoms with E-state index in [-0.39, 0.29) is 0 Å². The molecule has 0 saturated heterocycles. The minimum atomic E-state index is 0.655. The third-order valence-corrected chi connectivity index (χ3v) is 5.59. The van der Waals surface area contributed by atoms with Crippen molar-refractivity contribution in [3.8, 4) is 34.0 Å². The van der Waals surface area contributed by atoms with Crippen LogP contribution in [0, 0.1) is 0 Å². The highest BCUT2D eigenvalue weighted by Crippen LogP contribution is 2.39. The molecule has 1 aromatic heterocycles. The molecule has 0 aliphatic heterocycles. The maximum Gasteiger partial charge on any atom is 0.227 e. The van der Waals surface area contributed by atoms with Gasteiger partial charge in [-0.25, -0.2) is 4.98 Å². The van der Waals surface area contributed by atoms with Gasteiger partial charge in [0.1, 0.15) is 5.69 Å². The molecule has 0 fully saturated rings. The van der Waals surface area contributed by atoms with Crippen molar-refractivity contribution in [2.45, 2.75) is 33.6 Å². The van der Waals surface area contributed by atoms with Crippen LogP contribution in [0.5, 0.6) is 0 Å². The van der Waals surface area contributed by atoms with Crippen LogP contribution < -0.4 is 0 Å². The second-order valence-corrected chi connectivity index (χ2v) is 7.61. The van der Waals surface area contributed by atoms with Gasteiger partial charge in [0.05, 0.1) is 0 Å². The quantitative estimate of drug-likeness (QED) is 0.330. The standard InChI is InChI=1S/C28H23NO.C2H6/c1-20-12-8-9-17-23(20)24-18-10-11-19-25(24)28-29-26(21-13-4-2-5-14-21)27(30-28)22-15-6-3-7-16-22;1-2/h2-7,9-11,13-19H,8,12H2,1H3;1-2H3. The first-order valence-corrected chi connectivity index (χ1v) is 11.4. The lowest BCUT2D eigenvalue weighted by Gasteiger charge is -2.15. The fraction of sp³-hybridized carbons (Fsp3) is 0.167. The molecular formula is C30H29NO. The van der Waals surface area contributed by atoms with E-state index in [4.69, 9.17) is 9.40 Å². The highest BCUT2D eigenvalue weighted by atomic mass is 16.4. The summed E-state index contributed by atoms with van der Waals surface area (Å²) in [4.78, 5) is 4.99. The fourth-order valence-corrected chi connectivity index (χ4v) is 4.01. The third kappa shape index (κ3) is 4.36. The van der Waals surface area contributed by atoms with Crippen molar-refractivity contribution in [1.82, 2.24) is 4.98 Å². The molecule has 0 saturated carbocycles. The van der Waals surface area contributed by atoms with Crippen LogP contribution in [0.15, 0.2) is 107 Å². The first-order valence-electron chi connectivity index (χ1n) is 11.4. The van der Waals surface area contributed by atoms with Gasteiger partial charge in [-0.15, -0.1) is 0 Å². The molecule has 4 aromatic rings. The average molecular weight is 420 g/mol. The lowest BCUT2D eigenvalue weighted by Crippen LogP contribution is -1.94. The summed E-state index contributed by atoms with van der Waals surface area (Å²) in [6, 6.07) is 28.9. The van der Waals surface area contributed by atoms with Crippen LogP contribution in [0.25, 0.3) is 39.6 Å². The third-order valence-electron chi connectivity index (χ3n) is 5.59. The van der Waals surface area contributed by atoms with Crippen LogP contribution in [0.1, 0.15) is 39.2 Å². The van der Waals surface area contributed by atoms with E-state index in [2.05, 4.69) is 67.6 Å². The monoisotopic (exact) mass is 419 g/mol. The Morgan fingerprint density at radius 1 is 0.719 bits per heavy atom. The molecule has 0 N–H and O–H groups in total. The molecule has 2 heteroatoms. The summed E-state index contributed by atoms with van der Waals surface area (Å²) in [7, 11) is 0. The van der Waals surface area contributed by atoms with Crippen molar-refractivity contribution in [2.75, 3.05) is 0 Å². The Hall–Kier alpha value is -3.65. The molecule has 1 aliphatic rings. The number of nitrogens with zero attached hydrogens (tertiary/aromatic N) is 1. The largest absolute Gasteiger partial charge is 0.435 e. The maximum atomic E-state index is 6.45. The van der Waals surface area contributed by atoms with Crippen LogP contribution >= 0.6 is 0 Å². The topological polar surface area (TPSA) is 26.0 Å². The molecule has 0 unspecified atom stereocenters. The highest BCUT2D eigenvalue weighted by molar-refractivity contribution is 5.87. The van der Waals surface area contributed by atoms with Crippen LogP contribution in [0.2, 0.25) is 0 Å². The van der Waals surface area contributed by atoms with Gasteiger partial charge >= 0.3 is 0 Å². The van der Waals surface area contributed by atoms with Crippen LogP contribution in [0.3, 0.4) is 0 Å². The van der Waals surface area contributed by atoms with Crippen LogP contribution in [-0.4, -0.2) is 4.98 Å². The van der Waals surface area contributed by atoms with E-state index in [0.717, 1.165) is 41.0 Å². The molecule has 0 spiro atoms. The van der Waals surface area contributed by atoms with Gasteiger partial charge in [0.15, 0.2) is 5.76 Å². The van der Waals surface area contributed by atoms with Crippen molar-refractivity contribution in [3.63, 3.8) is 0 Å². The molecule has 160 valence electrons. The van der Waals surface area contributed by atoms with Gasteiger partial charge < -0.3 is 4.42 Å². The lowest BCUT2D eigenvalue weighted by molar-refractivity contribution is 0.589. The summed E-state index contributed by atoms with van der Waals surface area (Å²) >= 11 is 0. The fourth-order valence-electron chi connectivity index (χ4n) is 4.01. The second kappa shape index (κ2) is 10.1. The summed E-state index contributed by atoms with van der Waals surface area (Å²) in [5.74, 6) is 1.46. The molecule has 2 nitrogen and oxygen atoms in total. The number of rotatable bonds is 4. The summed E-state index contributed by atoms with van der Waals surface area (Å²) in [6.45, 7) is 6.22. The van der Waals surface area contributed by atoms with Gasteiger partial charge in [-0.1, -0.05) is 110 Å². The molecule has 0 bridgehead atoms. The van der Waals surface area contributed by atoms with Gasteiger partial charge in [0.2, 0.25) is 5.89 Å². The van der Waals surface area contributed by atoms with Gasteiger partial charge in [0, 0.05) is 16.7 Å². The predicted octanol–water partition coefficient (Wildman–Crippen LogP) is 8.83. The molecule has 1 aliphatic carbocycles. The van der Waals surface area contributed by atoms with E-state index >= 15 is 0 Å². The number of hydrogen-bond acceptors (Lipinski definition) is 2. The van der Waals surface area contributed by atoms with E-state index in [1.165, 1.54) is 16.7 Å². The molecule has 0 radical (unpaired) electrons. The average Bonchev–Trinajstić information content (AvgIpc) is 3.32. The van der Waals surface area contributed by atoms with Gasteiger partial charge in [0.25, 0.3) is 0 Å². The first kappa shape index (κ1) is 21.6. The molecule has 32 heavy (non-hydrogen) atoms. The number of aromatic nitrogens is 1. The van der Waals surface area contributed by atoms with Crippen molar-refractivity contribution < 1.29 is 4.42 Å². The molecule has 3 aromatic carbocycles. The zero-order valence-corrected chi connectivity index (χ0v) is 19.0. The van der Waals surface area contributed by atoms with Crippen molar-refractivity contribution >= 4 is 5.57 Å². The normalized spacial score (nSPS) is 13.0. The van der Waals surface area contributed by atoms with Gasteiger partial charge in [-0.05, 0) is 37.0 Å². The van der Waals surface area contributed by atoms with Crippen LogP contribution in [0.4, 0.5) is 0 Å². The Kier molecular flexibility index (Phi) is 6.81. The smallest absolute Gasteiger partial charge is 0.227 e.